The van der Waals surface area contributed by atoms with Crippen LogP contribution in [0.25, 0.3) is 0 Å². The molecule has 0 fully saturated rings. The van der Waals surface area contributed by atoms with Gasteiger partial charge in [0.2, 0.25) is 5.91 Å². The number of carbonyl (C=O) groups excluding carboxylic acids is 2. The van der Waals surface area contributed by atoms with E-state index in [0.29, 0.717) is 11.3 Å². The molecule has 0 aliphatic heterocycles. The highest BCUT2D eigenvalue weighted by atomic mass is 79.9. The fourth-order valence-electron chi connectivity index (χ4n) is 2.69. The van der Waals surface area contributed by atoms with Crippen molar-refractivity contribution in [2.24, 2.45) is 0 Å². The quantitative estimate of drug-likeness (QED) is 0.601. The minimum atomic E-state index is -0.143. The number of halogens is 1. The van der Waals surface area contributed by atoms with Gasteiger partial charge in [0.05, 0.1) is 6.54 Å². The number of carbonyl (C=O) groups is 2. The number of amides is 2. The zero-order valence-electron chi connectivity index (χ0n) is 15.8. The molecule has 0 saturated heterocycles. The third-order valence-corrected chi connectivity index (χ3v) is 4.52. The Morgan fingerprint density at radius 3 is 2.00 bits per heavy atom. The van der Waals surface area contributed by atoms with Crippen molar-refractivity contribution in [1.29, 1.82) is 0 Å². The van der Waals surface area contributed by atoms with Crippen molar-refractivity contribution in [3.63, 3.8) is 0 Å². The van der Waals surface area contributed by atoms with Gasteiger partial charge in [0.15, 0.2) is 0 Å². The lowest BCUT2D eigenvalue weighted by molar-refractivity contribution is -0.114. The maximum Gasteiger partial charge on any atom is 0.253 e. The molecule has 5 nitrogen and oxygen atoms in total. The van der Waals surface area contributed by atoms with Crippen LogP contribution in [-0.2, 0) is 4.79 Å². The first-order valence-corrected chi connectivity index (χ1v) is 10.0. The molecule has 0 aliphatic carbocycles. The first kappa shape index (κ1) is 21.0. The van der Waals surface area contributed by atoms with Gasteiger partial charge in [-0.3, -0.25) is 9.59 Å². The van der Waals surface area contributed by atoms with Gasteiger partial charge < -0.3 is 15.5 Å². The number of benzene rings is 2. The molecule has 0 aromatic heterocycles. The predicted molar refractivity (Wildman–Crippen MR) is 114 cm³/mol. The first-order valence-electron chi connectivity index (χ1n) is 9.22. The van der Waals surface area contributed by atoms with Crippen LogP contribution in [0.3, 0.4) is 0 Å². The zero-order valence-corrected chi connectivity index (χ0v) is 17.4. The van der Waals surface area contributed by atoms with E-state index in [1.54, 1.807) is 24.3 Å². The van der Waals surface area contributed by atoms with Gasteiger partial charge in [0.25, 0.3) is 5.91 Å². The minimum Gasteiger partial charge on any atom is -0.376 e. The topological polar surface area (TPSA) is 61.4 Å². The maximum absolute atomic E-state index is 12.6. The van der Waals surface area contributed by atoms with Crippen molar-refractivity contribution < 1.29 is 9.59 Å². The Labute approximate surface area is 169 Å². The highest BCUT2D eigenvalue weighted by molar-refractivity contribution is 9.10. The van der Waals surface area contributed by atoms with Gasteiger partial charge in [0, 0.05) is 34.5 Å². The summed E-state index contributed by atoms with van der Waals surface area (Å²) in [4.78, 5) is 26.5. The minimum absolute atomic E-state index is 0.0356. The Hall–Kier alpha value is -2.34. The highest BCUT2D eigenvalue weighted by Crippen LogP contribution is 2.15. The molecule has 27 heavy (non-hydrogen) atoms. The van der Waals surface area contributed by atoms with Crippen LogP contribution in [0.15, 0.2) is 53.0 Å². The van der Waals surface area contributed by atoms with Gasteiger partial charge in [-0.05, 0) is 61.4 Å². The summed E-state index contributed by atoms with van der Waals surface area (Å²) in [6, 6.07) is 14.7. The number of rotatable bonds is 9. The number of anilines is 2. The van der Waals surface area contributed by atoms with Crippen LogP contribution in [-0.4, -0.2) is 36.3 Å². The van der Waals surface area contributed by atoms with E-state index in [9.17, 15) is 9.59 Å². The lowest BCUT2D eigenvalue weighted by Gasteiger charge is -2.21. The molecule has 0 unspecified atom stereocenters. The normalized spacial score (nSPS) is 10.3. The summed E-state index contributed by atoms with van der Waals surface area (Å²) in [5.41, 5.74) is 2.19. The van der Waals surface area contributed by atoms with Crippen molar-refractivity contribution in [3.05, 3.63) is 58.6 Å². The van der Waals surface area contributed by atoms with E-state index in [1.807, 2.05) is 29.2 Å². The standard InChI is InChI=1S/C21H26BrN3O2/c1-3-13-25(14-4-2)21(27)16-5-9-19(10-6-16)24-20(26)15-23-18-11-7-17(22)8-12-18/h5-12,23H,3-4,13-15H2,1-2H3,(H,24,26). The van der Waals surface area contributed by atoms with Gasteiger partial charge in [-0.2, -0.15) is 0 Å². The fourth-order valence-corrected chi connectivity index (χ4v) is 2.95. The van der Waals surface area contributed by atoms with Crippen molar-refractivity contribution in [3.8, 4) is 0 Å². The van der Waals surface area contributed by atoms with Crippen LogP contribution in [0, 0.1) is 0 Å². The van der Waals surface area contributed by atoms with E-state index in [1.165, 1.54) is 0 Å². The van der Waals surface area contributed by atoms with Crippen LogP contribution in [0.2, 0.25) is 0 Å². The lowest BCUT2D eigenvalue weighted by atomic mass is 10.1. The average Bonchev–Trinajstić information content (AvgIpc) is 2.67. The largest absolute Gasteiger partial charge is 0.376 e. The second kappa shape index (κ2) is 10.7. The third-order valence-electron chi connectivity index (χ3n) is 3.99. The van der Waals surface area contributed by atoms with Gasteiger partial charge >= 0.3 is 0 Å². The monoisotopic (exact) mass is 431 g/mol. The molecule has 0 atom stereocenters. The van der Waals surface area contributed by atoms with Gasteiger partial charge in [0.1, 0.15) is 0 Å². The Morgan fingerprint density at radius 1 is 0.889 bits per heavy atom. The number of nitrogens with zero attached hydrogens (tertiary/aromatic N) is 1. The molecule has 0 spiro atoms. The van der Waals surface area contributed by atoms with Crippen LogP contribution in [0.5, 0.6) is 0 Å². The smallest absolute Gasteiger partial charge is 0.253 e. The first-order chi connectivity index (χ1) is 13.0. The third kappa shape index (κ3) is 6.71. The van der Waals surface area contributed by atoms with E-state index in [-0.39, 0.29) is 18.4 Å². The molecule has 0 heterocycles. The van der Waals surface area contributed by atoms with E-state index in [0.717, 1.165) is 36.1 Å². The Bertz CT molecular complexity index is 739. The van der Waals surface area contributed by atoms with E-state index in [4.69, 9.17) is 0 Å². The molecule has 6 heteroatoms. The molecule has 0 saturated carbocycles. The Morgan fingerprint density at radius 2 is 1.44 bits per heavy atom. The zero-order chi connectivity index (χ0) is 19.6. The number of hydrogen-bond acceptors (Lipinski definition) is 3. The van der Waals surface area contributed by atoms with Crippen molar-refractivity contribution in [2.45, 2.75) is 26.7 Å². The Kier molecular flexibility index (Phi) is 8.33. The van der Waals surface area contributed by atoms with Gasteiger partial charge in [-0.1, -0.05) is 29.8 Å². The lowest BCUT2D eigenvalue weighted by Crippen LogP contribution is -2.32. The second-order valence-electron chi connectivity index (χ2n) is 6.28. The molecule has 144 valence electrons. The Balaban J connectivity index is 1.89. The van der Waals surface area contributed by atoms with Gasteiger partial charge in [-0.25, -0.2) is 0 Å². The van der Waals surface area contributed by atoms with Crippen LogP contribution in [0.1, 0.15) is 37.0 Å². The summed E-state index contributed by atoms with van der Waals surface area (Å²) in [6.07, 6.45) is 1.87. The van der Waals surface area contributed by atoms with Crippen molar-refractivity contribution in [1.82, 2.24) is 4.90 Å². The summed E-state index contributed by atoms with van der Waals surface area (Å²) in [7, 11) is 0. The summed E-state index contributed by atoms with van der Waals surface area (Å²) in [6.45, 7) is 5.82. The van der Waals surface area contributed by atoms with Crippen LogP contribution >= 0.6 is 15.9 Å². The van der Waals surface area contributed by atoms with Crippen LogP contribution in [0.4, 0.5) is 11.4 Å². The summed E-state index contributed by atoms with van der Waals surface area (Å²) in [5.74, 6) is -0.107. The van der Waals surface area contributed by atoms with Crippen molar-refractivity contribution in [2.75, 3.05) is 30.3 Å². The van der Waals surface area contributed by atoms with E-state index < -0.39 is 0 Å². The van der Waals surface area contributed by atoms with Crippen molar-refractivity contribution >= 4 is 39.1 Å². The number of nitrogens with one attached hydrogen (secondary N) is 2. The molecular formula is C21H26BrN3O2. The second-order valence-corrected chi connectivity index (χ2v) is 7.19. The SMILES string of the molecule is CCCN(CCC)C(=O)c1ccc(NC(=O)CNc2ccc(Br)cc2)cc1. The molecule has 0 bridgehead atoms. The van der Waals surface area contributed by atoms with Gasteiger partial charge in [-0.15, -0.1) is 0 Å². The molecule has 2 amide bonds. The average molecular weight is 432 g/mol. The van der Waals surface area contributed by atoms with E-state index in [2.05, 4.69) is 40.4 Å². The fraction of sp³-hybridized carbons (Fsp3) is 0.333. The molecule has 0 aliphatic rings. The summed E-state index contributed by atoms with van der Waals surface area (Å²) < 4.78 is 0.989. The van der Waals surface area contributed by atoms with E-state index >= 15 is 0 Å². The molecule has 0 radical (unpaired) electrons. The maximum atomic E-state index is 12.6. The molecule has 2 N–H and O–H groups in total. The molecule has 2 rings (SSSR count). The molecular weight excluding hydrogens is 406 g/mol. The highest BCUT2D eigenvalue weighted by Gasteiger charge is 2.14. The summed E-state index contributed by atoms with van der Waals surface area (Å²) in [5, 5.41) is 5.90. The molecule has 2 aromatic carbocycles. The predicted octanol–water partition coefficient (Wildman–Crippen LogP) is 4.76. The van der Waals surface area contributed by atoms with Crippen LogP contribution < -0.4 is 10.6 Å². The summed E-state index contributed by atoms with van der Waals surface area (Å²) >= 11 is 3.38. The number of hydrogen-bond donors (Lipinski definition) is 2. The molecule has 2 aromatic rings.